The minimum absolute atomic E-state index is 0.214. The number of hydrogen-bond acceptors (Lipinski definition) is 2. The van der Waals surface area contributed by atoms with Crippen LogP contribution in [0.3, 0.4) is 0 Å². The van der Waals surface area contributed by atoms with Gasteiger partial charge in [0.15, 0.2) is 0 Å². The maximum Gasteiger partial charge on any atom is 0.217 e. The van der Waals surface area contributed by atoms with E-state index in [9.17, 15) is 0 Å². The fourth-order valence-electron chi connectivity index (χ4n) is 2.18. The van der Waals surface area contributed by atoms with Crippen molar-refractivity contribution in [3.63, 3.8) is 0 Å². The van der Waals surface area contributed by atoms with Gasteiger partial charge in [-0.2, -0.15) is 0 Å². The summed E-state index contributed by atoms with van der Waals surface area (Å²) in [5, 5.41) is 2.24. The fourth-order valence-corrected chi connectivity index (χ4v) is 2.18. The van der Waals surface area contributed by atoms with Gasteiger partial charge in [-0.1, -0.05) is 0 Å². The second-order valence-corrected chi connectivity index (χ2v) is 4.08. The number of benzene rings is 1. The Morgan fingerprint density at radius 1 is 1.25 bits per heavy atom. The van der Waals surface area contributed by atoms with Crippen molar-refractivity contribution in [3.05, 3.63) is 29.8 Å². The molecule has 1 fully saturated rings. The molecular formula is C13H21N2O+. The van der Waals surface area contributed by atoms with Gasteiger partial charge < -0.3 is 15.0 Å². The van der Waals surface area contributed by atoms with Gasteiger partial charge in [0.1, 0.15) is 13.2 Å². The zero-order chi connectivity index (χ0) is 11.4. The van der Waals surface area contributed by atoms with Gasteiger partial charge in [0.05, 0.1) is 0 Å². The van der Waals surface area contributed by atoms with Gasteiger partial charge in [-0.15, -0.1) is 0 Å². The summed E-state index contributed by atoms with van der Waals surface area (Å²) < 4.78 is 5.62. The van der Waals surface area contributed by atoms with Crippen LogP contribution < -0.4 is 10.2 Å². The lowest BCUT2D eigenvalue weighted by Crippen LogP contribution is -2.82. The first kappa shape index (κ1) is 11.4. The third-order valence-electron chi connectivity index (χ3n) is 3.15. The quantitative estimate of drug-likeness (QED) is 0.825. The number of rotatable bonds is 4. The van der Waals surface area contributed by atoms with Crippen LogP contribution in [0.2, 0.25) is 0 Å². The summed E-state index contributed by atoms with van der Waals surface area (Å²) in [6.07, 6.45) is 0.214. The largest absolute Gasteiger partial charge is 0.372 e. The van der Waals surface area contributed by atoms with Crippen molar-refractivity contribution in [3.8, 4) is 0 Å². The van der Waals surface area contributed by atoms with E-state index in [1.54, 1.807) is 0 Å². The van der Waals surface area contributed by atoms with Crippen LogP contribution in [0.15, 0.2) is 24.3 Å². The first-order valence-electron chi connectivity index (χ1n) is 6.15. The summed E-state index contributed by atoms with van der Waals surface area (Å²) in [4.78, 5) is 2.35. The smallest absolute Gasteiger partial charge is 0.217 e. The van der Waals surface area contributed by atoms with E-state index in [-0.39, 0.29) is 6.23 Å². The number of quaternary nitrogens is 1. The van der Waals surface area contributed by atoms with Crippen LogP contribution in [0.1, 0.15) is 25.6 Å². The van der Waals surface area contributed by atoms with Gasteiger partial charge >= 0.3 is 0 Å². The maximum absolute atomic E-state index is 5.62. The predicted molar refractivity (Wildman–Crippen MR) is 65.5 cm³/mol. The Labute approximate surface area is 97.4 Å². The van der Waals surface area contributed by atoms with E-state index in [0.29, 0.717) is 0 Å². The van der Waals surface area contributed by atoms with Crippen LogP contribution in [0, 0.1) is 0 Å². The van der Waals surface area contributed by atoms with Crippen molar-refractivity contribution in [1.29, 1.82) is 0 Å². The van der Waals surface area contributed by atoms with Crippen LogP contribution in [0.4, 0.5) is 5.69 Å². The first-order valence-corrected chi connectivity index (χ1v) is 6.15. The molecule has 1 heterocycles. The van der Waals surface area contributed by atoms with Crippen LogP contribution in [0.25, 0.3) is 0 Å². The zero-order valence-corrected chi connectivity index (χ0v) is 10.1. The highest BCUT2D eigenvalue weighted by atomic mass is 16.5. The van der Waals surface area contributed by atoms with Crippen LogP contribution >= 0.6 is 0 Å². The molecule has 1 aliphatic rings. The van der Waals surface area contributed by atoms with E-state index in [1.165, 1.54) is 11.3 Å². The molecule has 2 rings (SSSR count). The van der Waals surface area contributed by atoms with E-state index in [4.69, 9.17) is 4.74 Å². The second-order valence-electron chi connectivity index (χ2n) is 4.08. The third kappa shape index (κ3) is 2.36. The summed E-state index contributed by atoms with van der Waals surface area (Å²) in [5.74, 6) is 0. The minimum Gasteiger partial charge on any atom is -0.372 e. The highest BCUT2D eigenvalue weighted by molar-refractivity contribution is 5.47. The number of nitrogens with zero attached hydrogens (tertiary/aromatic N) is 1. The van der Waals surface area contributed by atoms with E-state index >= 15 is 0 Å². The van der Waals surface area contributed by atoms with Gasteiger partial charge in [-0.3, -0.25) is 0 Å². The van der Waals surface area contributed by atoms with Crippen molar-refractivity contribution < 1.29 is 10.1 Å². The molecule has 0 saturated carbocycles. The van der Waals surface area contributed by atoms with Gasteiger partial charge in [0, 0.05) is 24.3 Å². The van der Waals surface area contributed by atoms with E-state index in [1.807, 2.05) is 0 Å². The third-order valence-corrected chi connectivity index (χ3v) is 3.15. The number of ether oxygens (including phenoxy) is 1. The lowest BCUT2D eigenvalue weighted by molar-refractivity contribution is -0.697. The molecule has 16 heavy (non-hydrogen) atoms. The Kier molecular flexibility index (Phi) is 3.80. The summed E-state index contributed by atoms with van der Waals surface area (Å²) in [7, 11) is 0. The van der Waals surface area contributed by atoms with Gasteiger partial charge in [-0.25, -0.2) is 0 Å². The van der Waals surface area contributed by atoms with Crippen molar-refractivity contribution in [2.24, 2.45) is 0 Å². The lowest BCUT2D eigenvalue weighted by Gasteiger charge is -2.21. The number of nitrogens with two attached hydrogens (primary N) is 1. The molecule has 88 valence electrons. The summed E-state index contributed by atoms with van der Waals surface area (Å²) in [6.45, 7) is 8.42. The zero-order valence-electron chi connectivity index (χ0n) is 10.1. The van der Waals surface area contributed by atoms with Crippen molar-refractivity contribution >= 4 is 5.69 Å². The van der Waals surface area contributed by atoms with E-state index < -0.39 is 0 Å². The van der Waals surface area contributed by atoms with Crippen molar-refractivity contribution in [2.45, 2.75) is 20.1 Å². The fraction of sp³-hybridized carbons (Fsp3) is 0.538. The van der Waals surface area contributed by atoms with Gasteiger partial charge in [0.25, 0.3) is 0 Å². The molecule has 3 nitrogen and oxygen atoms in total. The molecular weight excluding hydrogens is 200 g/mol. The topological polar surface area (TPSA) is 29.1 Å². The molecule has 0 aromatic heterocycles. The Balaban J connectivity index is 2.09. The molecule has 0 radical (unpaired) electrons. The minimum atomic E-state index is 0.214. The van der Waals surface area contributed by atoms with Crippen LogP contribution in [-0.2, 0) is 4.74 Å². The summed E-state index contributed by atoms with van der Waals surface area (Å²) in [5.41, 5.74) is 2.57. The van der Waals surface area contributed by atoms with Gasteiger partial charge in [-0.05, 0) is 38.1 Å². The molecule has 1 aromatic carbocycles. The summed E-state index contributed by atoms with van der Waals surface area (Å²) in [6, 6.07) is 8.75. The normalized spacial score (nSPS) is 20.0. The lowest BCUT2D eigenvalue weighted by atomic mass is 10.1. The Bertz CT molecular complexity index is 292. The van der Waals surface area contributed by atoms with Gasteiger partial charge in [0.2, 0.25) is 6.23 Å². The first-order chi connectivity index (χ1) is 7.85. The average Bonchev–Trinajstić information content (AvgIpc) is 2.85. The molecule has 1 aromatic rings. The van der Waals surface area contributed by atoms with E-state index in [2.05, 4.69) is 48.3 Å². The molecule has 1 atom stereocenters. The predicted octanol–water partition coefficient (Wildman–Crippen LogP) is 1.12. The molecule has 2 N–H and O–H groups in total. The summed E-state index contributed by atoms with van der Waals surface area (Å²) >= 11 is 0. The highest BCUT2D eigenvalue weighted by Crippen LogP contribution is 2.19. The highest BCUT2D eigenvalue weighted by Gasteiger charge is 2.20. The van der Waals surface area contributed by atoms with Crippen LogP contribution in [-0.4, -0.2) is 26.2 Å². The monoisotopic (exact) mass is 221 g/mol. The van der Waals surface area contributed by atoms with Crippen molar-refractivity contribution in [2.75, 3.05) is 31.1 Å². The Morgan fingerprint density at radius 2 is 1.94 bits per heavy atom. The molecule has 1 saturated heterocycles. The molecule has 0 unspecified atom stereocenters. The molecule has 1 aliphatic heterocycles. The SMILES string of the molecule is CCN(CC)c1ccc([C@H]2[NH2+]CCO2)cc1. The van der Waals surface area contributed by atoms with Crippen LogP contribution in [0.5, 0.6) is 0 Å². The van der Waals surface area contributed by atoms with E-state index in [0.717, 1.165) is 26.2 Å². The molecule has 0 amide bonds. The standard InChI is InChI=1S/C13H20N2O/c1-3-15(4-2)12-7-5-11(6-8-12)13-14-9-10-16-13/h5-8,13-14H,3-4,9-10H2,1-2H3/p+1/t13-/m0/s1. The maximum atomic E-state index is 5.62. The molecule has 0 bridgehead atoms. The number of anilines is 1. The average molecular weight is 221 g/mol. The molecule has 0 spiro atoms. The molecule has 3 heteroatoms. The Hall–Kier alpha value is -1.06. The Morgan fingerprint density at radius 3 is 2.44 bits per heavy atom. The number of hydrogen-bond donors (Lipinski definition) is 1. The van der Waals surface area contributed by atoms with Crippen molar-refractivity contribution in [1.82, 2.24) is 0 Å². The second kappa shape index (κ2) is 5.32. The molecule has 0 aliphatic carbocycles.